The molecular weight excluding hydrogens is 186 g/mol. The van der Waals surface area contributed by atoms with E-state index in [0.717, 1.165) is 0 Å². The highest BCUT2D eigenvalue weighted by Crippen LogP contribution is 2.14. The summed E-state index contributed by atoms with van der Waals surface area (Å²) in [4.78, 5) is 10.3. The Morgan fingerprint density at radius 2 is 1.71 bits per heavy atom. The van der Waals surface area contributed by atoms with Gasteiger partial charge < -0.3 is 21.7 Å². The third-order valence-electron chi connectivity index (χ3n) is 1.13. The molecule has 0 spiro atoms. The van der Waals surface area contributed by atoms with Crippen molar-refractivity contribution in [1.82, 2.24) is 0 Å². The predicted octanol–water partition coefficient (Wildman–Crippen LogP) is -0.0710. The summed E-state index contributed by atoms with van der Waals surface area (Å²) in [6.45, 7) is 0. The standard InChI is InChI=1S/C7H6O3.CH5N3/c8-6-4-2-1-3-5(6)7(9)10;2-1(3)4/h1-4,8H,(H,9,10);(H5,2,3,4). The number of nitrogens with one attached hydrogen (secondary N) is 1. The fourth-order valence-electron chi connectivity index (χ4n) is 0.654. The van der Waals surface area contributed by atoms with Gasteiger partial charge in [-0.3, -0.25) is 5.41 Å². The molecule has 0 amide bonds. The van der Waals surface area contributed by atoms with Gasteiger partial charge in [0, 0.05) is 0 Å². The van der Waals surface area contributed by atoms with Crippen LogP contribution in [0.1, 0.15) is 10.4 Å². The first-order valence-electron chi connectivity index (χ1n) is 3.56. The van der Waals surface area contributed by atoms with Crippen LogP contribution in [0, 0.1) is 5.41 Å². The van der Waals surface area contributed by atoms with E-state index in [-0.39, 0.29) is 17.3 Å². The van der Waals surface area contributed by atoms with Gasteiger partial charge in [-0.25, -0.2) is 4.79 Å². The molecule has 6 heteroatoms. The molecule has 0 aliphatic heterocycles. The van der Waals surface area contributed by atoms with Crippen LogP contribution in [0.15, 0.2) is 24.3 Å². The number of benzene rings is 1. The number of aromatic carboxylic acids is 1. The number of carbonyl (C=O) groups is 1. The zero-order chi connectivity index (χ0) is 11.1. The fraction of sp³-hybridized carbons (Fsp3) is 0. The largest absolute Gasteiger partial charge is 0.507 e. The lowest BCUT2D eigenvalue weighted by Gasteiger charge is -1.95. The van der Waals surface area contributed by atoms with Crippen molar-refractivity contribution < 1.29 is 15.0 Å². The van der Waals surface area contributed by atoms with E-state index in [1.807, 2.05) is 0 Å². The van der Waals surface area contributed by atoms with Gasteiger partial charge in [-0.05, 0) is 12.1 Å². The molecule has 0 radical (unpaired) electrons. The second-order valence-corrected chi connectivity index (χ2v) is 2.28. The lowest BCUT2D eigenvalue weighted by Crippen LogP contribution is -2.20. The van der Waals surface area contributed by atoms with Crippen LogP contribution in [0.4, 0.5) is 0 Å². The van der Waals surface area contributed by atoms with Crippen molar-refractivity contribution in [2.75, 3.05) is 0 Å². The maximum atomic E-state index is 10.3. The maximum Gasteiger partial charge on any atom is 0.339 e. The summed E-state index contributed by atoms with van der Waals surface area (Å²) in [6, 6.07) is 5.81. The number of rotatable bonds is 1. The van der Waals surface area contributed by atoms with E-state index in [1.54, 1.807) is 12.1 Å². The fourth-order valence-corrected chi connectivity index (χ4v) is 0.654. The molecule has 0 bridgehead atoms. The molecule has 1 aromatic carbocycles. The number of hydrogen-bond donors (Lipinski definition) is 5. The van der Waals surface area contributed by atoms with Crippen molar-refractivity contribution >= 4 is 11.9 Å². The van der Waals surface area contributed by atoms with Crippen molar-refractivity contribution in [3.63, 3.8) is 0 Å². The van der Waals surface area contributed by atoms with E-state index in [2.05, 4.69) is 11.5 Å². The van der Waals surface area contributed by atoms with Gasteiger partial charge in [-0.2, -0.15) is 0 Å². The summed E-state index contributed by atoms with van der Waals surface area (Å²) in [6.07, 6.45) is 0. The Balaban J connectivity index is 0.000000364. The second-order valence-electron chi connectivity index (χ2n) is 2.28. The highest BCUT2D eigenvalue weighted by atomic mass is 16.4. The predicted molar refractivity (Wildman–Crippen MR) is 51.2 cm³/mol. The smallest absolute Gasteiger partial charge is 0.339 e. The number of guanidine groups is 1. The van der Waals surface area contributed by atoms with Crippen LogP contribution in [-0.2, 0) is 0 Å². The summed E-state index contributed by atoms with van der Waals surface area (Å²) in [5, 5.41) is 23.4. The minimum Gasteiger partial charge on any atom is -0.507 e. The molecule has 0 fully saturated rings. The van der Waals surface area contributed by atoms with Crippen LogP contribution in [0.3, 0.4) is 0 Å². The highest BCUT2D eigenvalue weighted by Gasteiger charge is 2.05. The van der Waals surface area contributed by atoms with Gasteiger partial charge >= 0.3 is 5.97 Å². The Bertz CT molecular complexity index is 334. The average molecular weight is 197 g/mol. The van der Waals surface area contributed by atoms with E-state index < -0.39 is 5.97 Å². The van der Waals surface area contributed by atoms with E-state index in [9.17, 15) is 4.79 Å². The molecule has 0 aliphatic rings. The molecule has 1 aromatic rings. The van der Waals surface area contributed by atoms with E-state index in [0.29, 0.717) is 0 Å². The van der Waals surface area contributed by atoms with Gasteiger partial charge in [0.05, 0.1) is 0 Å². The molecule has 0 heterocycles. The summed E-state index contributed by atoms with van der Waals surface area (Å²) >= 11 is 0. The number of aromatic hydroxyl groups is 1. The quantitative estimate of drug-likeness (QED) is 0.317. The second kappa shape index (κ2) is 5.41. The maximum absolute atomic E-state index is 10.3. The molecule has 14 heavy (non-hydrogen) atoms. The Morgan fingerprint density at radius 3 is 2.00 bits per heavy atom. The zero-order valence-electron chi connectivity index (χ0n) is 7.27. The van der Waals surface area contributed by atoms with Crippen molar-refractivity contribution in [2.45, 2.75) is 0 Å². The molecule has 0 saturated carbocycles. The molecule has 0 unspecified atom stereocenters. The van der Waals surface area contributed by atoms with Gasteiger partial charge in [-0.1, -0.05) is 12.1 Å². The summed E-state index contributed by atoms with van der Waals surface area (Å²) in [5.74, 6) is -1.65. The molecule has 0 atom stereocenters. The normalized spacial score (nSPS) is 8.29. The number of para-hydroxylation sites is 1. The van der Waals surface area contributed by atoms with Gasteiger partial charge in [-0.15, -0.1) is 0 Å². The Morgan fingerprint density at radius 1 is 1.29 bits per heavy atom. The molecule has 0 aromatic heterocycles. The lowest BCUT2D eigenvalue weighted by atomic mass is 10.2. The molecule has 6 nitrogen and oxygen atoms in total. The van der Waals surface area contributed by atoms with Gasteiger partial charge in [0.15, 0.2) is 5.96 Å². The third kappa shape index (κ3) is 4.60. The Kier molecular flexibility index (Phi) is 4.55. The number of carboxylic acid groups (broad SMARTS) is 1. The average Bonchev–Trinajstić information content (AvgIpc) is 2.03. The molecule has 7 N–H and O–H groups in total. The van der Waals surface area contributed by atoms with Gasteiger partial charge in [0.1, 0.15) is 11.3 Å². The highest BCUT2D eigenvalue weighted by molar-refractivity contribution is 5.90. The van der Waals surface area contributed by atoms with E-state index >= 15 is 0 Å². The topological polar surface area (TPSA) is 133 Å². The number of nitrogens with two attached hydrogens (primary N) is 2. The van der Waals surface area contributed by atoms with Gasteiger partial charge in [0.2, 0.25) is 0 Å². The van der Waals surface area contributed by atoms with Crippen molar-refractivity contribution in [3.8, 4) is 5.75 Å². The molecule has 0 aliphatic carbocycles. The SMILES string of the molecule is N=C(N)N.O=C(O)c1ccccc1O. The first-order chi connectivity index (χ1) is 6.45. The zero-order valence-corrected chi connectivity index (χ0v) is 7.27. The summed E-state index contributed by atoms with van der Waals surface area (Å²) in [7, 11) is 0. The lowest BCUT2D eigenvalue weighted by molar-refractivity contribution is 0.0694. The summed E-state index contributed by atoms with van der Waals surface area (Å²) in [5.41, 5.74) is 8.88. The van der Waals surface area contributed by atoms with Crippen molar-refractivity contribution in [1.29, 1.82) is 5.41 Å². The minimum atomic E-state index is -1.11. The first-order valence-corrected chi connectivity index (χ1v) is 3.56. The monoisotopic (exact) mass is 197 g/mol. The van der Waals surface area contributed by atoms with Gasteiger partial charge in [0.25, 0.3) is 0 Å². The minimum absolute atomic E-state index is 0.0671. The van der Waals surface area contributed by atoms with Crippen LogP contribution >= 0.6 is 0 Å². The third-order valence-corrected chi connectivity index (χ3v) is 1.13. The van der Waals surface area contributed by atoms with E-state index in [4.69, 9.17) is 15.6 Å². The van der Waals surface area contributed by atoms with Crippen LogP contribution in [-0.4, -0.2) is 22.1 Å². The van der Waals surface area contributed by atoms with Crippen LogP contribution in [0.5, 0.6) is 5.75 Å². The Labute approximate surface area is 80.3 Å². The molecule has 0 saturated heterocycles. The van der Waals surface area contributed by atoms with Crippen LogP contribution in [0.2, 0.25) is 0 Å². The van der Waals surface area contributed by atoms with Crippen LogP contribution < -0.4 is 11.5 Å². The molecule has 1 rings (SSSR count). The Hall–Kier alpha value is -2.24. The summed E-state index contributed by atoms with van der Waals surface area (Å²) < 4.78 is 0. The number of hydrogen-bond acceptors (Lipinski definition) is 3. The van der Waals surface area contributed by atoms with Crippen molar-refractivity contribution in [3.05, 3.63) is 29.8 Å². The molecule has 76 valence electrons. The van der Waals surface area contributed by atoms with Crippen LogP contribution in [0.25, 0.3) is 0 Å². The number of carboxylic acids is 1. The number of phenols is 1. The van der Waals surface area contributed by atoms with Crippen molar-refractivity contribution in [2.24, 2.45) is 11.5 Å². The van der Waals surface area contributed by atoms with E-state index in [1.165, 1.54) is 12.1 Å². The first kappa shape index (κ1) is 11.8. The molecular formula is C8H11N3O3.